The van der Waals surface area contributed by atoms with E-state index in [1.165, 1.54) is 23.9 Å². The maximum Gasteiger partial charge on any atom is 0.267 e. The van der Waals surface area contributed by atoms with Gasteiger partial charge in [-0.25, -0.2) is 9.37 Å². The lowest BCUT2D eigenvalue weighted by molar-refractivity contribution is 0.627. The average molecular weight is 308 g/mol. The zero-order chi connectivity index (χ0) is 14.1. The number of rotatable bonds is 3. The van der Waals surface area contributed by atoms with E-state index >= 15 is 0 Å². The van der Waals surface area contributed by atoms with E-state index in [-0.39, 0.29) is 11.4 Å². The quantitative estimate of drug-likeness (QED) is 0.645. The molecule has 3 nitrogen and oxygen atoms in total. The third-order valence-corrected chi connectivity index (χ3v) is 5.35. The number of aryl methyl sites for hydroxylation is 1. The van der Waals surface area contributed by atoms with Crippen molar-refractivity contribution >= 4 is 23.5 Å². The highest BCUT2D eigenvalue weighted by Crippen LogP contribution is 2.29. The van der Waals surface area contributed by atoms with Crippen molar-refractivity contribution in [2.75, 3.05) is 5.75 Å². The topological polar surface area (TPSA) is 34.9 Å². The van der Waals surface area contributed by atoms with Crippen molar-refractivity contribution in [3.05, 3.63) is 51.7 Å². The Balaban J connectivity index is 1.83. The second-order valence-corrected chi connectivity index (χ2v) is 6.60. The Labute approximate surface area is 124 Å². The molecule has 6 heteroatoms. The van der Waals surface area contributed by atoms with Crippen molar-refractivity contribution in [1.82, 2.24) is 9.55 Å². The molecule has 0 spiro atoms. The maximum absolute atomic E-state index is 12.9. The normalized spacial score (nSPS) is 13.5. The smallest absolute Gasteiger partial charge is 0.267 e. The van der Waals surface area contributed by atoms with E-state index in [4.69, 9.17) is 0 Å². The van der Waals surface area contributed by atoms with Crippen molar-refractivity contribution < 1.29 is 4.39 Å². The molecule has 2 aromatic rings. The highest BCUT2D eigenvalue weighted by atomic mass is 32.2. The van der Waals surface area contributed by atoms with Crippen LogP contribution in [0, 0.1) is 5.82 Å². The van der Waals surface area contributed by atoms with Gasteiger partial charge in [0.1, 0.15) is 5.82 Å². The van der Waals surface area contributed by atoms with E-state index in [9.17, 15) is 9.18 Å². The fourth-order valence-corrected chi connectivity index (χ4v) is 4.04. The summed E-state index contributed by atoms with van der Waals surface area (Å²) >= 11 is 3.09. The largest absolute Gasteiger partial charge is 0.290 e. The summed E-state index contributed by atoms with van der Waals surface area (Å²) in [6.45, 7) is 0. The summed E-state index contributed by atoms with van der Waals surface area (Å²) in [4.78, 5) is 17.5. The van der Waals surface area contributed by atoms with Crippen LogP contribution in [-0.4, -0.2) is 15.3 Å². The molecule has 1 aliphatic heterocycles. The molecular weight excluding hydrogens is 295 g/mol. The summed E-state index contributed by atoms with van der Waals surface area (Å²) in [5, 5.41) is 0.723. The minimum atomic E-state index is -0.237. The van der Waals surface area contributed by atoms with Crippen LogP contribution in [-0.2, 0) is 19.2 Å². The van der Waals surface area contributed by atoms with Crippen molar-refractivity contribution in [3.63, 3.8) is 0 Å². The van der Waals surface area contributed by atoms with Gasteiger partial charge in [0, 0.05) is 25.0 Å². The summed E-state index contributed by atoms with van der Waals surface area (Å²) in [5.74, 6) is 1.37. The van der Waals surface area contributed by atoms with E-state index in [0.29, 0.717) is 5.75 Å². The van der Waals surface area contributed by atoms with Crippen molar-refractivity contribution in [2.45, 2.75) is 22.2 Å². The highest BCUT2D eigenvalue weighted by Gasteiger charge is 2.20. The van der Waals surface area contributed by atoms with E-state index in [1.54, 1.807) is 35.5 Å². The fourth-order valence-electron chi connectivity index (χ4n) is 2.03. The maximum atomic E-state index is 12.9. The summed E-state index contributed by atoms with van der Waals surface area (Å²) < 4.78 is 14.5. The summed E-state index contributed by atoms with van der Waals surface area (Å²) in [6, 6.07) is 6.40. The summed E-state index contributed by atoms with van der Waals surface area (Å²) in [7, 11) is 1.75. The second kappa shape index (κ2) is 5.61. The van der Waals surface area contributed by atoms with Gasteiger partial charge in [0.05, 0.1) is 10.6 Å². The average Bonchev–Trinajstić information content (AvgIpc) is 2.91. The lowest BCUT2D eigenvalue weighted by Crippen LogP contribution is -2.22. The molecule has 1 aromatic heterocycles. The van der Waals surface area contributed by atoms with Gasteiger partial charge >= 0.3 is 0 Å². The Bertz CT molecular complexity index is 698. The zero-order valence-corrected chi connectivity index (χ0v) is 12.6. The standard InChI is InChI=1S/C14H13FN2OS2/c1-17-13(18)12-11(6-7-19-12)16-14(17)20-8-9-2-4-10(15)5-3-9/h2-5H,6-8H2,1H3. The molecule has 0 saturated heterocycles. The van der Waals surface area contributed by atoms with E-state index < -0.39 is 0 Å². The van der Waals surface area contributed by atoms with E-state index in [1.807, 2.05) is 0 Å². The van der Waals surface area contributed by atoms with Crippen molar-refractivity contribution in [2.24, 2.45) is 7.05 Å². The number of fused-ring (bicyclic) bond motifs is 1. The number of benzene rings is 1. The van der Waals surface area contributed by atoms with Crippen LogP contribution in [0.25, 0.3) is 0 Å². The van der Waals surface area contributed by atoms with Gasteiger partial charge in [-0.2, -0.15) is 0 Å². The Kier molecular flexibility index (Phi) is 3.85. The Morgan fingerprint density at radius 3 is 2.90 bits per heavy atom. The Morgan fingerprint density at radius 2 is 2.15 bits per heavy atom. The third-order valence-electron chi connectivity index (χ3n) is 3.14. The van der Waals surface area contributed by atoms with Crippen LogP contribution in [0.4, 0.5) is 4.39 Å². The molecule has 1 aromatic carbocycles. The molecule has 2 heterocycles. The minimum Gasteiger partial charge on any atom is -0.290 e. The Morgan fingerprint density at radius 1 is 1.40 bits per heavy atom. The first-order valence-electron chi connectivity index (χ1n) is 6.25. The number of hydrogen-bond donors (Lipinski definition) is 0. The SMILES string of the molecule is Cn1c(SCc2ccc(F)cc2)nc2c(c1=O)SCC2. The molecule has 0 bridgehead atoms. The van der Waals surface area contributed by atoms with Gasteiger partial charge in [0.15, 0.2) is 5.16 Å². The number of hydrogen-bond acceptors (Lipinski definition) is 4. The first kappa shape index (κ1) is 13.7. The van der Waals surface area contributed by atoms with Crippen LogP contribution in [0.3, 0.4) is 0 Å². The summed E-state index contributed by atoms with van der Waals surface area (Å²) in [6.07, 6.45) is 0.861. The Hall–Kier alpha value is -1.27. The van der Waals surface area contributed by atoms with E-state index in [2.05, 4.69) is 4.98 Å². The van der Waals surface area contributed by atoms with Crippen LogP contribution in [0.15, 0.2) is 39.1 Å². The van der Waals surface area contributed by atoms with Crippen LogP contribution in [0.1, 0.15) is 11.3 Å². The first-order chi connectivity index (χ1) is 9.65. The lowest BCUT2D eigenvalue weighted by atomic mass is 10.2. The molecule has 0 unspecified atom stereocenters. The number of nitrogens with zero attached hydrogens (tertiary/aromatic N) is 2. The van der Waals surface area contributed by atoms with Crippen LogP contribution in [0.5, 0.6) is 0 Å². The van der Waals surface area contributed by atoms with Gasteiger partial charge < -0.3 is 0 Å². The van der Waals surface area contributed by atoms with Crippen molar-refractivity contribution in [3.8, 4) is 0 Å². The molecule has 0 atom stereocenters. The second-order valence-electron chi connectivity index (χ2n) is 4.55. The van der Waals surface area contributed by atoms with Gasteiger partial charge in [0.2, 0.25) is 0 Å². The molecule has 1 aliphatic rings. The lowest BCUT2D eigenvalue weighted by Gasteiger charge is -2.09. The van der Waals surface area contributed by atoms with Crippen LogP contribution < -0.4 is 5.56 Å². The molecule has 0 saturated carbocycles. The van der Waals surface area contributed by atoms with Gasteiger partial charge in [0.25, 0.3) is 5.56 Å². The molecule has 0 amide bonds. The predicted molar refractivity (Wildman–Crippen MR) is 79.9 cm³/mol. The van der Waals surface area contributed by atoms with Gasteiger partial charge in [-0.3, -0.25) is 9.36 Å². The molecule has 104 valence electrons. The number of aromatic nitrogens is 2. The zero-order valence-electron chi connectivity index (χ0n) is 10.9. The van der Waals surface area contributed by atoms with Crippen LogP contribution >= 0.6 is 23.5 Å². The highest BCUT2D eigenvalue weighted by molar-refractivity contribution is 7.99. The fraction of sp³-hybridized carbons (Fsp3) is 0.286. The molecular formula is C14H13FN2OS2. The molecule has 0 aliphatic carbocycles. The summed E-state index contributed by atoms with van der Waals surface area (Å²) in [5.41, 5.74) is 1.97. The number of thioether (sulfide) groups is 2. The molecule has 0 radical (unpaired) electrons. The molecule has 0 N–H and O–H groups in total. The number of halogens is 1. The third kappa shape index (κ3) is 2.62. The first-order valence-corrected chi connectivity index (χ1v) is 8.22. The van der Waals surface area contributed by atoms with E-state index in [0.717, 1.165) is 33.5 Å². The van der Waals surface area contributed by atoms with Gasteiger partial charge in [-0.05, 0) is 17.7 Å². The molecule has 0 fully saturated rings. The van der Waals surface area contributed by atoms with Crippen LogP contribution in [0.2, 0.25) is 0 Å². The van der Waals surface area contributed by atoms with Gasteiger partial charge in [-0.1, -0.05) is 23.9 Å². The molecule has 20 heavy (non-hydrogen) atoms. The monoisotopic (exact) mass is 308 g/mol. The van der Waals surface area contributed by atoms with Gasteiger partial charge in [-0.15, -0.1) is 11.8 Å². The predicted octanol–water partition coefficient (Wildman–Crippen LogP) is 2.86. The minimum absolute atomic E-state index is 0.0408. The molecule has 3 rings (SSSR count). The van der Waals surface area contributed by atoms with Crippen molar-refractivity contribution in [1.29, 1.82) is 0 Å².